The van der Waals surface area contributed by atoms with Gasteiger partial charge in [0.15, 0.2) is 0 Å². The van der Waals surface area contributed by atoms with Gasteiger partial charge in [-0.25, -0.2) is 0 Å². The first-order chi connectivity index (χ1) is 5.43. The quantitative estimate of drug-likeness (QED) is 0.618. The first-order valence-electron chi connectivity index (χ1n) is 4.00. The monoisotopic (exact) mass is 174 g/mol. The van der Waals surface area contributed by atoms with Crippen LogP contribution < -0.4 is 0 Å². The molecule has 0 aromatic rings. The van der Waals surface area contributed by atoms with Gasteiger partial charge in [-0.1, -0.05) is 0 Å². The molecule has 1 N–H and O–H groups in total. The Hall–Kier alpha value is -0.610. The van der Waals surface area contributed by atoms with Gasteiger partial charge >= 0.3 is 0 Å². The van der Waals surface area contributed by atoms with Crippen molar-refractivity contribution in [2.24, 2.45) is 0 Å². The number of aliphatic hydroxyl groups excluding tert-OH is 1. The third kappa shape index (κ3) is 5.09. The maximum atomic E-state index is 11.3. The number of aliphatic hydroxyl groups is 1. The molecule has 0 aromatic carbocycles. The summed E-state index contributed by atoms with van der Waals surface area (Å²) >= 11 is 0. The number of likely N-dealkylation sites (N-methyl/N-ethyl adjacent to an activating group) is 2. The molecule has 0 bridgehead atoms. The van der Waals surface area contributed by atoms with Gasteiger partial charge in [0.2, 0.25) is 5.91 Å². The summed E-state index contributed by atoms with van der Waals surface area (Å²) in [5, 5.41) is 9.00. The minimum Gasteiger partial charge on any atom is -0.392 e. The summed E-state index contributed by atoms with van der Waals surface area (Å²) in [5.74, 6) is 0.0286. The van der Waals surface area contributed by atoms with Gasteiger partial charge in [-0.15, -0.1) is 0 Å². The zero-order valence-electron chi connectivity index (χ0n) is 8.24. The molecule has 0 saturated heterocycles. The highest BCUT2D eigenvalue weighted by molar-refractivity contribution is 5.77. The second-order valence-electron chi connectivity index (χ2n) is 3.36. The van der Waals surface area contributed by atoms with Gasteiger partial charge in [-0.3, -0.25) is 4.79 Å². The molecule has 0 spiro atoms. The Morgan fingerprint density at radius 3 is 2.25 bits per heavy atom. The van der Waals surface area contributed by atoms with Crippen LogP contribution in [0.25, 0.3) is 0 Å². The second-order valence-corrected chi connectivity index (χ2v) is 3.36. The molecule has 0 saturated carbocycles. The highest BCUT2D eigenvalue weighted by Gasteiger charge is 2.10. The summed E-state index contributed by atoms with van der Waals surface area (Å²) in [6, 6.07) is 0. The Morgan fingerprint density at radius 1 is 1.42 bits per heavy atom. The molecular weight excluding hydrogens is 156 g/mol. The van der Waals surface area contributed by atoms with E-state index in [1.807, 2.05) is 14.1 Å². The van der Waals surface area contributed by atoms with E-state index in [0.29, 0.717) is 13.1 Å². The number of hydrogen-bond acceptors (Lipinski definition) is 3. The van der Waals surface area contributed by atoms with Crippen LogP contribution in [0.4, 0.5) is 0 Å². The van der Waals surface area contributed by atoms with Crippen molar-refractivity contribution in [3.05, 3.63) is 0 Å². The van der Waals surface area contributed by atoms with Crippen LogP contribution in [0.5, 0.6) is 0 Å². The van der Waals surface area contributed by atoms with Gasteiger partial charge in [0.25, 0.3) is 0 Å². The van der Waals surface area contributed by atoms with Crippen molar-refractivity contribution in [1.29, 1.82) is 0 Å². The minimum atomic E-state index is -0.457. The Balaban J connectivity index is 3.77. The van der Waals surface area contributed by atoms with E-state index >= 15 is 0 Å². The van der Waals surface area contributed by atoms with Crippen molar-refractivity contribution in [3.8, 4) is 0 Å². The summed E-state index contributed by atoms with van der Waals surface area (Å²) in [4.78, 5) is 14.6. The summed E-state index contributed by atoms with van der Waals surface area (Å²) in [6.07, 6.45) is -0.457. The van der Waals surface area contributed by atoms with Crippen LogP contribution in [0.1, 0.15) is 6.92 Å². The highest BCUT2D eigenvalue weighted by atomic mass is 16.3. The predicted molar refractivity (Wildman–Crippen MR) is 47.9 cm³/mol. The zero-order chi connectivity index (χ0) is 9.72. The van der Waals surface area contributed by atoms with Gasteiger partial charge < -0.3 is 14.9 Å². The predicted octanol–water partition coefficient (Wildman–Crippen LogP) is -0.613. The van der Waals surface area contributed by atoms with Gasteiger partial charge in [0.05, 0.1) is 12.6 Å². The van der Waals surface area contributed by atoms with Crippen LogP contribution in [0.15, 0.2) is 0 Å². The average Bonchev–Trinajstić information content (AvgIpc) is 1.84. The molecule has 0 fully saturated rings. The normalized spacial score (nSPS) is 13.2. The lowest BCUT2D eigenvalue weighted by Gasteiger charge is -2.20. The molecule has 0 aliphatic rings. The molecule has 0 aromatic heterocycles. The van der Waals surface area contributed by atoms with E-state index in [2.05, 4.69) is 0 Å². The van der Waals surface area contributed by atoms with Crippen molar-refractivity contribution >= 4 is 5.91 Å². The van der Waals surface area contributed by atoms with Gasteiger partial charge in [-0.05, 0) is 21.0 Å². The van der Waals surface area contributed by atoms with Crippen molar-refractivity contribution in [2.45, 2.75) is 13.0 Å². The maximum absolute atomic E-state index is 11.3. The Bertz CT molecular complexity index is 146. The molecule has 1 atom stereocenters. The van der Waals surface area contributed by atoms with Gasteiger partial charge in [-0.2, -0.15) is 0 Å². The minimum absolute atomic E-state index is 0.0286. The van der Waals surface area contributed by atoms with E-state index in [-0.39, 0.29) is 5.91 Å². The van der Waals surface area contributed by atoms with E-state index in [1.54, 1.807) is 18.9 Å². The van der Waals surface area contributed by atoms with Crippen LogP contribution in [-0.2, 0) is 4.79 Å². The molecule has 4 heteroatoms. The fourth-order valence-electron chi connectivity index (χ4n) is 0.889. The van der Waals surface area contributed by atoms with Gasteiger partial charge in [0.1, 0.15) is 0 Å². The number of carbonyl (C=O) groups is 1. The molecule has 0 aliphatic carbocycles. The van der Waals surface area contributed by atoms with Crippen molar-refractivity contribution in [3.63, 3.8) is 0 Å². The summed E-state index contributed by atoms with van der Waals surface area (Å²) in [7, 11) is 5.38. The van der Waals surface area contributed by atoms with E-state index in [4.69, 9.17) is 5.11 Å². The molecule has 4 nitrogen and oxygen atoms in total. The van der Waals surface area contributed by atoms with E-state index < -0.39 is 6.10 Å². The Morgan fingerprint density at radius 2 is 1.92 bits per heavy atom. The molecule has 0 heterocycles. The summed E-state index contributed by atoms with van der Waals surface area (Å²) in [6.45, 7) is 2.45. The number of amides is 1. The third-order valence-electron chi connectivity index (χ3n) is 1.42. The number of nitrogens with zero attached hydrogens (tertiary/aromatic N) is 2. The van der Waals surface area contributed by atoms with Crippen LogP contribution in [0.3, 0.4) is 0 Å². The first-order valence-corrected chi connectivity index (χ1v) is 4.00. The standard InChI is InChI=1S/C8H18N2O2/c1-7(11)5-10(4)8(12)6-9(2)3/h7,11H,5-6H2,1-4H3. The average molecular weight is 174 g/mol. The molecular formula is C8H18N2O2. The fraction of sp³-hybridized carbons (Fsp3) is 0.875. The zero-order valence-corrected chi connectivity index (χ0v) is 8.24. The largest absolute Gasteiger partial charge is 0.392 e. The van der Waals surface area contributed by atoms with Crippen LogP contribution in [0.2, 0.25) is 0 Å². The third-order valence-corrected chi connectivity index (χ3v) is 1.42. The lowest BCUT2D eigenvalue weighted by atomic mass is 10.3. The van der Waals surface area contributed by atoms with Crippen molar-refractivity contribution < 1.29 is 9.90 Å². The lowest BCUT2D eigenvalue weighted by molar-refractivity contribution is -0.131. The number of carbonyl (C=O) groups excluding carboxylic acids is 1. The van der Waals surface area contributed by atoms with E-state index in [9.17, 15) is 4.79 Å². The molecule has 0 rings (SSSR count). The first kappa shape index (κ1) is 11.4. The van der Waals surface area contributed by atoms with E-state index in [0.717, 1.165) is 0 Å². The molecule has 1 amide bonds. The van der Waals surface area contributed by atoms with Crippen molar-refractivity contribution in [1.82, 2.24) is 9.80 Å². The smallest absolute Gasteiger partial charge is 0.236 e. The molecule has 0 radical (unpaired) electrons. The molecule has 12 heavy (non-hydrogen) atoms. The molecule has 0 aliphatic heterocycles. The summed E-state index contributed by atoms with van der Waals surface area (Å²) in [5.41, 5.74) is 0. The number of rotatable bonds is 4. The molecule has 72 valence electrons. The second kappa shape index (κ2) is 5.11. The maximum Gasteiger partial charge on any atom is 0.236 e. The highest BCUT2D eigenvalue weighted by Crippen LogP contribution is 1.90. The van der Waals surface area contributed by atoms with Crippen molar-refractivity contribution in [2.75, 3.05) is 34.2 Å². The summed E-state index contributed by atoms with van der Waals surface area (Å²) < 4.78 is 0. The van der Waals surface area contributed by atoms with Crippen LogP contribution in [0, 0.1) is 0 Å². The Kier molecular flexibility index (Phi) is 4.85. The fourth-order valence-corrected chi connectivity index (χ4v) is 0.889. The molecule has 1 unspecified atom stereocenters. The topological polar surface area (TPSA) is 43.8 Å². The SMILES string of the molecule is CC(O)CN(C)C(=O)CN(C)C. The van der Waals surface area contributed by atoms with Crippen LogP contribution in [-0.4, -0.2) is 61.2 Å². The van der Waals surface area contributed by atoms with Gasteiger partial charge in [0, 0.05) is 13.6 Å². The lowest BCUT2D eigenvalue weighted by Crippen LogP contribution is -2.38. The van der Waals surface area contributed by atoms with Crippen LogP contribution >= 0.6 is 0 Å². The van der Waals surface area contributed by atoms with E-state index in [1.165, 1.54) is 4.90 Å². The Labute approximate surface area is 73.8 Å². The number of hydrogen-bond donors (Lipinski definition) is 1.